The quantitative estimate of drug-likeness (QED) is 0.105. The molecule has 11 rings (SSSR count). The number of aromatic nitrogens is 4. The summed E-state index contributed by atoms with van der Waals surface area (Å²) in [5, 5.41) is 0. The Balaban J connectivity index is 1.02. The van der Waals surface area contributed by atoms with E-state index in [9.17, 15) is 0 Å². The van der Waals surface area contributed by atoms with Gasteiger partial charge in [-0.3, -0.25) is 9.13 Å². The number of anilines is 1. The van der Waals surface area contributed by atoms with Crippen molar-refractivity contribution in [1.29, 1.82) is 0 Å². The van der Waals surface area contributed by atoms with E-state index in [1.165, 1.54) is 27.7 Å². The van der Waals surface area contributed by atoms with Crippen LogP contribution in [0.25, 0.3) is 67.2 Å². The first kappa shape index (κ1) is 30.5. The van der Waals surface area contributed by atoms with Crippen molar-refractivity contribution in [1.82, 2.24) is 14.0 Å². The van der Waals surface area contributed by atoms with Gasteiger partial charge >= 0.3 is 6.98 Å². The Hall–Kier alpha value is -7.12. The summed E-state index contributed by atoms with van der Waals surface area (Å²) in [7, 11) is 2.14. The summed E-state index contributed by atoms with van der Waals surface area (Å²) < 4.78 is 13.3. The van der Waals surface area contributed by atoms with Crippen molar-refractivity contribution in [3.8, 4) is 67.6 Å². The maximum absolute atomic E-state index is 6.63. The molecule has 0 unspecified atom stereocenters. The summed E-state index contributed by atoms with van der Waals surface area (Å²) in [6, 6.07) is 57.7. The van der Waals surface area contributed by atoms with Crippen LogP contribution in [0.4, 0.5) is 5.69 Å². The molecule has 2 aromatic heterocycles. The molecular weight excluding hydrogens is 661 g/mol. The number of nitrogens with zero attached hydrogens (tertiary/aromatic N) is 5. The summed E-state index contributed by atoms with van der Waals surface area (Å²) in [5.74, 6) is 2.40. The van der Waals surface area contributed by atoms with Crippen LogP contribution in [0.1, 0.15) is 0 Å². The van der Waals surface area contributed by atoms with Crippen molar-refractivity contribution < 1.29 is 9.30 Å². The van der Waals surface area contributed by atoms with Gasteiger partial charge in [0.15, 0.2) is 0 Å². The number of fused-ring (bicyclic) bond motifs is 10. The van der Waals surface area contributed by atoms with E-state index in [4.69, 9.17) is 9.72 Å². The standard InChI is InChI=1S/C47H32BN5O/c1-50-43-26-25-35(30-42(43)47-49-27-28-53(47)48(50)32-13-3-2-4-14-32)54-34-16-11-15-33(29-34)51-31-52-44-23-10-9-21-40(44)38-19-7-5-17-36(38)37-18-6-8-20-39(37)41-22-12-24-45(51)46(41)52/h2-30H,1H3. The highest BCUT2D eigenvalue weighted by Crippen LogP contribution is 2.43. The Morgan fingerprint density at radius 1 is 0.593 bits per heavy atom. The van der Waals surface area contributed by atoms with Gasteiger partial charge in [0.1, 0.15) is 17.3 Å². The van der Waals surface area contributed by atoms with Gasteiger partial charge < -0.3 is 14.0 Å². The van der Waals surface area contributed by atoms with Crippen LogP contribution >= 0.6 is 0 Å². The molecular formula is C47H32BN5O. The zero-order valence-corrected chi connectivity index (χ0v) is 29.5. The van der Waals surface area contributed by atoms with Gasteiger partial charge in [-0.25, -0.2) is 4.98 Å². The second-order valence-corrected chi connectivity index (χ2v) is 13.9. The first-order valence-corrected chi connectivity index (χ1v) is 18.2. The molecule has 0 amide bonds. The first-order chi connectivity index (χ1) is 26.7. The van der Waals surface area contributed by atoms with Crippen molar-refractivity contribution >= 4 is 29.2 Å². The van der Waals surface area contributed by atoms with Gasteiger partial charge in [0.05, 0.1) is 22.4 Å². The Labute approximate surface area is 313 Å². The minimum Gasteiger partial charge on any atom is -0.458 e. The predicted octanol–water partition coefficient (Wildman–Crippen LogP) is 9.37. The van der Waals surface area contributed by atoms with Crippen LogP contribution < -0.4 is 19.6 Å². The third-order valence-electron chi connectivity index (χ3n) is 10.8. The van der Waals surface area contributed by atoms with Gasteiger partial charge in [0.2, 0.25) is 0 Å². The zero-order chi connectivity index (χ0) is 35.8. The molecule has 2 aliphatic heterocycles. The molecule has 0 saturated heterocycles. The smallest absolute Gasteiger partial charge is 0.416 e. The fourth-order valence-corrected chi connectivity index (χ4v) is 8.48. The molecule has 0 N–H and O–H groups in total. The molecule has 6 nitrogen and oxygen atoms in total. The number of imidazole rings is 2. The average Bonchev–Trinajstić information content (AvgIpc) is 3.88. The van der Waals surface area contributed by atoms with Crippen LogP contribution in [0, 0.1) is 6.33 Å². The molecule has 0 spiro atoms. The van der Waals surface area contributed by atoms with E-state index in [-0.39, 0.29) is 6.98 Å². The highest BCUT2D eigenvalue weighted by molar-refractivity contribution is 6.76. The molecule has 4 heterocycles. The second-order valence-electron chi connectivity index (χ2n) is 13.9. The van der Waals surface area contributed by atoms with Gasteiger partial charge in [0, 0.05) is 23.6 Å². The number of hydrogen-bond acceptors (Lipinski definition) is 3. The molecule has 9 aromatic rings. The molecule has 0 bridgehead atoms. The van der Waals surface area contributed by atoms with Crippen LogP contribution in [-0.2, 0) is 0 Å². The van der Waals surface area contributed by atoms with Gasteiger partial charge in [-0.05, 0) is 88.4 Å². The number of ether oxygens (including phenoxy) is 1. The Morgan fingerprint density at radius 2 is 1.24 bits per heavy atom. The largest absolute Gasteiger partial charge is 0.458 e. The van der Waals surface area contributed by atoms with E-state index in [1.54, 1.807) is 0 Å². The van der Waals surface area contributed by atoms with E-state index < -0.39 is 0 Å². The topological polar surface area (TPSA) is 39.1 Å². The highest BCUT2D eigenvalue weighted by atomic mass is 16.5. The first-order valence-electron chi connectivity index (χ1n) is 18.2. The molecule has 0 aliphatic carbocycles. The molecule has 0 atom stereocenters. The Kier molecular flexibility index (Phi) is 6.76. The van der Waals surface area contributed by atoms with Crippen LogP contribution in [0.5, 0.6) is 11.5 Å². The Bertz CT molecular complexity index is 2910. The summed E-state index contributed by atoms with van der Waals surface area (Å²) in [6.45, 7) is 0.0137. The normalized spacial score (nSPS) is 12.5. The summed E-state index contributed by atoms with van der Waals surface area (Å²) in [4.78, 5) is 7.09. The van der Waals surface area contributed by atoms with Crippen LogP contribution in [-0.4, -0.2) is 28.1 Å². The van der Waals surface area contributed by atoms with E-state index in [0.29, 0.717) is 0 Å². The van der Waals surface area contributed by atoms with Gasteiger partial charge in [-0.15, -0.1) is 0 Å². The third kappa shape index (κ3) is 4.61. The van der Waals surface area contributed by atoms with Crippen molar-refractivity contribution in [2.24, 2.45) is 0 Å². The number of para-hydroxylation sites is 2. The van der Waals surface area contributed by atoms with E-state index in [0.717, 1.165) is 62.1 Å². The lowest BCUT2D eigenvalue weighted by Gasteiger charge is -2.35. The van der Waals surface area contributed by atoms with Crippen LogP contribution in [0.3, 0.4) is 0 Å². The minimum absolute atomic E-state index is 0.0137. The van der Waals surface area contributed by atoms with E-state index in [2.05, 4.69) is 184 Å². The molecule has 7 heteroatoms. The van der Waals surface area contributed by atoms with E-state index >= 15 is 0 Å². The van der Waals surface area contributed by atoms with Gasteiger partial charge in [0.25, 0.3) is 6.33 Å². The summed E-state index contributed by atoms with van der Waals surface area (Å²) in [5.41, 5.74) is 14.7. The third-order valence-corrected chi connectivity index (χ3v) is 10.8. The molecule has 54 heavy (non-hydrogen) atoms. The number of benzene rings is 7. The zero-order valence-electron chi connectivity index (χ0n) is 29.5. The summed E-state index contributed by atoms with van der Waals surface area (Å²) in [6.07, 6.45) is 7.71. The lowest BCUT2D eigenvalue weighted by Crippen LogP contribution is -2.54. The van der Waals surface area contributed by atoms with Crippen LogP contribution in [0.2, 0.25) is 0 Å². The fraction of sp³-hybridized carbons (Fsp3) is 0.0213. The molecule has 7 aromatic carbocycles. The maximum atomic E-state index is 6.63. The highest BCUT2D eigenvalue weighted by Gasteiger charge is 2.35. The Morgan fingerprint density at radius 3 is 2.04 bits per heavy atom. The molecule has 0 fully saturated rings. The molecule has 0 radical (unpaired) electrons. The monoisotopic (exact) mass is 693 g/mol. The predicted molar refractivity (Wildman–Crippen MR) is 217 cm³/mol. The second kappa shape index (κ2) is 12.0. The number of rotatable bonds is 4. The SMILES string of the molecule is CN1B(c2ccccc2)n2ccnc2-c2cc(Oc3cccc(-n4[c-][n+]5c6c(cccc64)-c4ccccc4-c4ccccc4-c4ccccc4-5)c3)ccc21. The number of hydrogen-bond donors (Lipinski definition) is 0. The van der Waals surface area contributed by atoms with Crippen molar-refractivity contribution in [2.45, 2.75) is 0 Å². The fourth-order valence-electron chi connectivity index (χ4n) is 8.48. The van der Waals surface area contributed by atoms with Gasteiger partial charge in [-0.1, -0.05) is 121 Å². The molecule has 0 saturated carbocycles. The molecule has 2 aliphatic rings. The van der Waals surface area contributed by atoms with E-state index in [1.807, 2.05) is 24.4 Å². The van der Waals surface area contributed by atoms with Crippen LogP contribution in [0.15, 0.2) is 176 Å². The average molecular weight is 694 g/mol. The lowest BCUT2D eigenvalue weighted by atomic mass is 9.64. The summed E-state index contributed by atoms with van der Waals surface area (Å²) >= 11 is 0. The lowest BCUT2D eigenvalue weighted by molar-refractivity contribution is -0.571. The van der Waals surface area contributed by atoms with Crippen molar-refractivity contribution in [3.63, 3.8) is 0 Å². The van der Waals surface area contributed by atoms with Crippen molar-refractivity contribution in [3.05, 3.63) is 183 Å². The van der Waals surface area contributed by atoms with Crippen molar-refractivity contribution in [2.75, 3.05) is 11.9 Å². The minimum atomic E-state index is 0.0137. The maximum Gasteiger partial charge on any atom is 0.416 e. The van der Waals surface area contributed by atoms with Gasteiger partial charge in [-0.2, -0.15) is 0 Å². The molecule has 254 valence electrons.